The van der Waals surface area contributed by atoms with E-state index in [2.05, 4.69) is 10.6 Å². The number of urea groups is 1. The van der Waals surface area contributed by atoms with Gasteiger partial charge in [-0.2, -0.15) is 0 Å². The lowest BCUT2D eigenvalue weighted by molar-refractivity contribution is -0.115. The van der Waals surface area contributed by atoms with Gasteiger partial charge in [0.25, 0.3) is 0 Å². The predicted octanol–water partition coefficient (Wildman–Crippen LogP) is 4.16. The molecule has 0 aliphatic rings. The maximum Gasteiger partial charge on any atom is 0.322 e. The van der Waals surface area contributed by atoms with Crippen LogP contribution in [0, 0.1) is 6.92 Å². The van der Waals surface area contributed by atoms with Gasteiger partial charge < -0.3 is 20.0 Å². The number of furan rings is 1. The molecule has 2 rings (SSSR count). The Hall–Kier alpha value is -2.76. The molecular weight excluding hydrogens is 306 g/mol. The minimum Gasteiger partial charge on any atom is -0.467 e. The van der Waals surface area contributed by atoms with Gasteiger partial charge in [0, 0.05) is 24.8 Å². The minimum absolute atomic E-state index is 0.0697. The molecule has 0 saturated carbocycles. The second-order valence-electron chi connectivity index (χ2n) is 5.66. The van der Waals surface area contributed by atoms with Crippen molar-refractivity contribution in [3.63, 3.8) is 0 Å². The third-order valence-electron chi connectivity index (χ3n) is 3.94. The molecule has 1 aromatic heterocycles. The van der Waals surface area contributed by atoms with E-state index in [1.54, 1.807) is 37.3 Å². The van der Waals surface area contributed by atoms with Crippen LogP contribution in [0.3, 0.4) is 0 Å². The van der Waals surface area contributed by atoms with Gasteiger partial charge in [0.05, 0.1) is 12.3 Å². The Morgan fingerprint density at radius 1 is 1.25 bits per heavy atom. The SMILES string of the molecule is CCC(=O)Nc1ccc(C)c(NC(=O)N(C)C(C)c2ccco2)c1. The molecule has 1 atom stereocenters. The summed E-state index contributed by atoms with van der Waals surface area (Å²) in [6.45, 7) is 5.58. The zero-order chi connectivity index (χ0) is 17.7. The van der Waals surface area contributed by atoms with Gasteiger partial charge in [-0.05, 0) is 43.7 Å². The molecule has 0 fully saturated rings. The molecule has 128 valence electrons. The summed E-state index contributed by atoms with van der Waals surface area (Å²) in [5, 5.41) is 5.67. The number of hydrogen-bond acceptors (Lipinski definition) is 3. The molecule has 0 bridgehead atoms. The average Bonchev–Trinajstić information content (AvgIpc) is 3.10. The van der Waals surface area contributed by atoms with Crippen LogP contribution in [0.4, 0.5) is 16.2 Å². The van der Waals surface area contributed by atoms with Crippen LogP contribution in [0.15, 0.2) is 41.0 Å². The first kappa shape index (κ1) is 17.6. The Bertz CT molecular complexity index is 710. The number of hydrogen-bond donors (Lipinski definition) is 2. The van der Waals surface area contributed by atoms with E-state index >= 15 is 0 Å². The van der Waals surface area contributed by atoms with Gasteiger partial charge in [0.2, 0.25) is 5.91 Å². The van der Waals surface area contributed by atoms with E-state index in [4.69, 9.17) is 4.42 Å². The maximum absolute atomic E-state index is 12.5. The Balaban J connectivity index is 2.10. The molecule has 0 aliphatic heterocycles. The van der Waals surface area contributed by atoms with E-state index in [1.807, 2.05) is 32.0 Å². The van der Waals surface area contributed by atoms with Crippen molar-refractivity contribution >= 4 is 23.3 Å². The highest BCUT2D eigenvalue weighted by molar-refractivity contribution is 5.94. The van der Waals surface area contributed by atoms with Crippen molar-refractivity contribution in [1.82, 2.24) is 4.90 Å². The van der Waals surface area contributed by atoms with Crippen LogP contribution >= 0.6 is 0 Å². The summed E-state index contributed by atoms with van der Waals surface area (Å²) in [4.78, 5) is 25.6. The summed E-state index contributed by atoms with van der Waals surface area (Å²) in [6.07, 6.45) is 1.99. The van der Waals surface area contributed by atoms with Crippen molar-refractivity contribution in [2.75, 3.05) is 17.7 Å². The molecule has 2 aromatic rings. The number of carbonyl (C=O) groups is 2. The van der Waals surface area contributed by atoms with Crippen molar-refractivity contribution in [1.29, 1.82) is 0 Å². The monoisotopic (exact) mass is 329 g/mol. The second-order valence-corrected chi connectivity index (χ2v) is 5.66. The third-order valence-corrected chi connectivity index (χ3v) is 3.94. The zero-order valence-electron chi connectivity index (χ0n) is 14.4. The Kier molecular flexibility index (Phi) is 5.63. The molecule has 0 saturated heterocycles. The van der Waals surface area contributed by atoms with E-state index in [0.717, 1.165) is 5.56 Å². The highest BCUT2D eigenvalue weighted by Gasteiger charge is 2.20. The molecule has 1 unspecified atom stereocenters. The van der Waals surface area contributed by atoms with Gasteiger partial charge in [-0.25, -0.2) is 4.79 Å². The number of rotatable bonds is 5. The number of amides is 3. The molecule has 6 heteroatoms. The zero-order valence-corrected chi connectivity index (χ0v) is 14.4. The summed E-state index contributed by atoms with van der Waals surface area (Å²) < 4.78 is 5.35. The molecule has 6 nitrogen and oxygen atoms in total. The average molecular weight is 329 g/mol. The molecule has 0 aliphatic carbocycles. The van der Waals surface area contributed by atoms with E-state index in [0.29, 0.717) is 23.6 Å². The molecule has 2 N–H and O–H groups in total. The summed E-state index contributed by atoms with van der Waals surface area (Å²) in [7, 11) is 1.71. The highest BCUT2D eigenvalue weighted by atomic mass is 16.3. The fourth-order valence-electron chi connectivity index (χ4n) is 2.18. The number of carbonyl (C=O) groups excluding carboxylic acids is 2. The molecule has 0 radical (unpaired) electrons. The van der Waals surface area contributed by atoms with Crippen molar-refractivity contribution < 1.29 is 14.0 Å². The quantitative estimate of drug-likeness (QED) is 0.865. The summed E-state index contributed by atoms with van der Waals surface area (Å²) in [6, 6.07) is 8.61. The minimum atomic E-state index is -0.249. The first-order chi connectivity index (χ1) is 11.4. The van der Waals surface area contributed by atoms with Gasteiger partial charge in [0.15, 0.2) is 0 Å². The Morgan fingerprint density at radius 2 is 2.00 bits per heavy atom. The van der Waals surface area contributed by atoms with Crippen LogP contribution in [-0.4, -0.2) is 23.9 Å². The summed E-state index contributed by atoms with van der Waals surface area (Å²) in [5.74, 6) is 0.646. The third kappa shape index (κ3) is 4.16. The van der Waals surface area contributed by atoms with Gasteiger partial charge in [-0.1, -0.05) is 13.0 Å². The van der Waals surface area contributed by atoms with Crippen molar-refractivity contribution in [2.24, 2.45) is 0 Å². The number of nitrogens with one attached hydrogen (secondary N) is 2. The summed E-state index contributed by atoms with van der Waals surface area (Å²) in [5.41, 5.74) is 2.23. The Labute approximate surface area is 141 Å². The van der Waals surface area contributed by atoms with E-state index in [-0.39, 0.29) is 18.0 Å². The Morgan fingerprint density at radius 3 is 2.62 bits per heavy atom. The second kappa shape index (κ2) is 7.68. The number of nitrogens with zero attached hydrogens (tertiary/aromatic N) is 1. The van der Waals surface area contributed by atoms with Gasteiger partial charge in [-0.15, -0.1) is 0 Å². The fourth-order valence-corrected chi connectivity index (χ4v) is 2.18. The predicted molar refractivity (Wildman–Crippen MR) is 94.0 cm³/mol. The van der Waals surface area contributed by atoms with Crippen LogP contribution in [0.1, 0.15) is 37.6 Å². The smallest absolute Gasteiger partial charge is 0.322 e. The van der Waals surface area contributed by atoms with Crippen LogP contribution in [-0.2, 0) is 4.79 Å². The van der Waals surface area contributed by atoms with Crippen molar-refractivity contribution in [3.05, 3.63) is 47.9 Å². The first-order valence-electron chi connectivity index (χ1n) is 7.90. The first-order valence-corrected chi connectivity index (χ1v) is 7.90. The molecule has 24 heavy (non-hydrogen) atoms. The van der Waals surface area contributed by atoms with E-state index in [1.165, 1.54) is 0 Å². The lowest BCUT2D eigenvalue weighted by atomic mass is 10.1. The number of aryl methyl sites for hydroxylation is 1. The van der Waals surface area contributed by atoms with Gasteiger partial charge >= 0.3 is 6.03 Å². The molecule has 3 amide bonds. The topological polar surface area (TPSA) is 74.6 Å². The van der Waals surface area contributed by atoms with E-state index in [9.17, 15) is 9.59 Å². The number of anilines is 2. The lowest BCUT2D eigenvalue weighted by Gasteiger charge is -2.24. The van der Waals surface area contributed by atoms with Crippen LogP contribution < -0.4 is 10.6 Å². The molecule has 1 aromatic carbocycles. The van der Waals surface area contributed by atoms with Crippen LogP contribution in [0.25, 0.3) is 0 Å². The van der Waals surface area contributed by atoms with Gasteiger partial charge in [-0.3, -0.25) is 4.79 Å². The maximum atomic E-state index is 12.5. The normalized spacial score (nSPS) is 11.7. The highest BCUT2D eigenvalue weighted by Crippen LogP contribution is 2.23. The standard InChI is InChI=1S/C18H23N3O3/c1-5-17(22)19-14-9-8-12(2)15(11-14)20-18(23)21(4)13(3)16-7-6-10-24-16/h6-11,13H,5H2,1-4H3,(H,19,22)(H,20,23). The van der Waals surface area contributed by atoms with E-state index < -0.39 is 0 Å². The van der Waals surface area contributed by atoms with Crippen molar-refractivity contribution in [2.45, 2.75) is 33.2 Å². The van der Waals surface area contributed by atoms with Crippen molar-refractivity contribution in [3.8, 4) is 0 Å². The summed E-state index contributed by atoms with van der Waals surface area (Å²) >= 11 is 0. The largest absolute Gasteiger partial charge is 0.467 e. The molecule has 0 spiro atoms. The molecular formula is C18H23N3O3. The van der Waals surface area contributed by atoms with Crippen LogP contribution in [0.5, 0.6) is 0 Å². The van der Waals surface area contributed by atoms with Gasteiger partial charge in [0.1, 0.15) is 5.76 Å². The fraction of sp³-hybridized carbons (Fsp3) is 0.333. The molecule has 1 heterocycles. The number of benzene rings is 1. The lowest BCUT2D eigenvalue weighted by Crippen LogP contribution is -2.33. The van der Waals surface area contributed by atoms with Crippen LogP contribution in [0.2, 0.25) is 0 Å².